The molecule has 0 aliphatic carbocycles. The molecule has 2 nitrogen and oxygen atoms in total. The van der Waals surface area contributed by atoms with Crippen molar-refractivity contribution in [2.24, 2.45) is 0 Å². The van der Waals surface area contributed by atoms with Crippen molar-refractivity contribution >= 4 is 22.9 Å². The van der Waals surface area contributed by atoms with Crippen LogP contribution in [0.3, 0.4) is 0 Å². The number of halogens is 1. The summed E-state index contributed by atoms with van der Waals surface area (Å²) in [4.78, 5) is 9.12. The van der Waals surface area contributed by atoms with Gasteiger partial charge in [-0.1, -0.05) is 11.6 Å². The summed E-state index contributed by atoms with van der Waals surface area (Å²) in [5.74, 6) is 0. The molecule has 2 rings (SSSR count). The molecule has 66 valence electrons. The molecule has 0 aliphatic rings. The van der Waals surface area contributed by atoms with Gasteiger partial charge in [-0.05, 0) is 23.9 Å². The van der Waals surface area contributed by atoms with Crippen molar-refractivity contribution in [2.45, 2.75) is 6.92 Å². The molecule has 0 unspecified atom stereocenters. The van der Waals surface area contributed by atoms with E-state index in [2.05, 4.69) is 16.9 Å². The second kappa shape index (κ2) is 3.44. The number of aromatic nitrogens is 2. The van der Waals surface area contributed by atoms with Crippen LogP contribution in [-0.4, -0.2) is 9.97 Å². The van der Waals surface area contributed by atoms with Gasteiger partial charge < -0.3 is 0 Å². The highest BCUT2D eigenvalue weighted by atomic mass is 35.5. The van der Waals surface area contributed by atoms with Crippen LogP contribution in [0.25, 0.3) is 11.1 Å². The van der Waals surface area contributed by atoms with Gasteiger partial charge in [0.15, 0.2) is 0 Å². The lowest BCUT2D eigenvalue weighted by atomic mass is 10.1. The fraction of sp³-hybridized carbons (Fsp3) is 0.111. The van der Waals surface area contributed by atoms with E-state index in [1.165, 1.54) is 11.2 Å². The normalized spacial score (nSPS) is 10.3. The molecule has 0 aliphatic heterocycles. The molecule has 13 heavy (non-hydrogen) atoms. The summed E-state index contributed by atoms with van der Waals surface area (Å²) >= 11 is 7.63. The summed E-state index contributed by atoms with van der Waals surface area (Å²) in [6.45, 7) is 2.06. The number of nitrogens with zero attached hydrogens (tertiary/aromatic N) is 2. The summed E-state index contributed by atoms with van der Waals surface area (Å²) in [6, 6.07) is 2.03. The first kappa shape index (κ1) is 8.66. The van der Waals surface area contributed by atoms with E-state index < -0.39 is 0 Å². The third-order valence-electron chi connectivity index (χ3n) is 1.81. The van der Waals surface area contributed by atoms with E-state index in [1.807, 2.05) is 11.4 Å². The third kappa shape index (κ3) is 1.57. The zero-order valence-corrected chi connectivity index (χ0v) is 8.56. The van der Waals surface area contributed by atoms with Gasteiger partial charge in [-0.15, -0.1) is 11.3 Å². The molecule has 0 fully saturated rings. The van der Waals surface area contributed by atoms with Gasteiger partial charge in [0.05, 0.1) is 0 Å². The molecule has 2 aromatic rings. The predicted molar refractivity (Wildman–Crippen MR) is 55.1 cm³/mol. The Morgan fingerprint density at radius 2 is 2.23 bits per heavy atom. The zero-order chi connectivity index (χ0) is 9.26. The minimum atomic E-state index is 0.511. The third-order valence-corrected chi connectivity index (χ3v) is 2.96. The van der Waals surface area contributed by atoms with E-state index in [4.69, 9.17) is 11.6 Å². The highest BCUT2D eigenvalue weighted by Crippen LogP contribution is 2.30. The fourth-order valence-corrected chi connectivity index (χ4v) is 2.07. The summed E-state index contributed by atoms with van der Waals surface area (Å²) in [5.41, 5.74) is 2.03. The largest absolute Gasteiger partial charge is 0.244 e. The Kier molecular flexibility index (Phi) is 2.29. The van der Waals surface area contributed by atoms with E-state index in [-0.39, 0.29) is 0 Å². The minimum Gasteiger partial charge on any atom is -0.244 e. The number of thiophene rings is 1. The van der Waals surface area contributed by atoms with Gasteiger partial charge in [0, 0.05) is 16.6 Å². The lowest BCUT2D eigenvalue weighted by molar-refractivity contribution is 1.17. The van der Waals surface area contributed by atoms with Gasteiger partial charge in [0.1, 0.15) is 11.5 Å². The van der Waals surface area contributed by atoms with Crippen LogP contribution in [0.15, 0.2) is 24.0 Å². The Balaban J connectivity index is 2.59. The van der Waals surface area contributed by atoms with Crippen LogP contribution in [-0.2, 0) is 0 Å². The molecular weight excluding hydrogens is 204 g/mol. The molecule has 0 atom stereocenters. The molecule has 2 aromatic heterocycles. The van der Waals surface area contributed by atoms with Gasteiger partial charge in [-0.2, -0.15) is 0 Å². The van der Waals surface area contributed by atoms with Gasteiger partial charge in [-0.3, -0.25) is 0 Å². The van der Waals surface area contributed by atoms with Gasteiger partial charge in [0.25, 0.3) is 0 Å². The van der Waals surface area contributed by atoms with Crippen molar-refractivity contribution in [2.75, 3.05) is 0 Å². The van der Waals surface area contributed by atoms with Crippen molar-refractivity contribution < 1.29 is 0 Å². The Morgan fingerprint density at radius 3 is 2.85 bits per heavy atom. The molecule has 0 spiro atoms. The number of aryl methyl sites for hydroxylation is 1. The Morgan fingerprint density at radius 1 is 1.38 bits per heavy atom. The second-order valence-corrected chi connectivity index (χ2v) is 4.10. The molecule has 0 radical (unpaired) electrons. The number of hydrogen-bond donors (Lipinski definition) is 0. The van der Waals surface area contributed by atoms with Crippen molar-refractivity contribution in [3.8, 4) is 11.1 Å². The molecule has 4 heteroatoms. The van der Waals surface area contributed by atoms with Crippen LogP contribution < -0.4 is 0 Å². The molecule has 2 heterocycles. The maximum atomic E-state index is 5.94. The minimum absolute atomic E-state index is 0.511. The van der Waals surface area contributed by atoms with Gasteiger partial charge >= 0.3 is 0 Å². The summed E-state index contributed by atoms with van der Waals surface area (Å²) in [7, 11) is 0. The Hall–Kier alpha value is -0.930. The molecule has 0 amide bonds. The van der Waals surface area contributed by atoms with Gasteiger partial charge in [-0.25, -0.2) is 9.97 Å². The van der Waals surface area contributed by atoms with Crippen molar-refractivity contribution in [1.82, 2.24) is 9.97 Å². The summed E-state index contributed by atoms with van der Waals surface area (Å²) in [6.07, 6.45) is 3.19. The quantitative estimate of drug-likeness (QED) is 0.676. The molecule has 0 bridgehead atoms. The lowest BCUT2D eigenvalue weighted by Gasteiger charge is -2.00. The highest BCUT2D eigenvalue weighted by molar-refractivity contribution is 7.10. The highest BCUT2D eigenvalue weighted by Gasteiger charge is 2.07. The summed E-state index contributed by atoms with van der Waals surface area (Å²) in [5, 5.41) is 2.55. The van der Waals surface area contributed by atoms with Crippen LogP contribution in [0.1, 0.15) is 4.88 Å². The Bertz CT molecular complexity index is 425. The zero-order valence-electron chi connectivity index (χ0n) is 6.99. The SMILES string of the molecule is Cc1sccc1-c1cncnc1Cl. The maximum Gasteiger partial charge on any atom is 0.140 e. The Labute approximate surface area is 85.2 Å². The fourth-order valence-electron chi connectivity index (χ4n) is 1.16. The maximum absolute atomic E-state index is 5.94. The van der Waals surface area contributed by atoms with Crippen LogP contribution in [0.5, 0.6) is 0 Å². The second-order valence-electron chi connectivity index (χ2n) is 2.62. The average molecular weight is 211 g/mol. The van der Waals surface area contributed by atoms with Crippen LogP contribution >= 0.6 is 22.9 Å². The first-order valence-electron chi connectivity index (χ1n) is 3.79. The van der Waals surface area contributed by atoms with Crippen LogP contribution in [0.2, 0.25) is 5.15 Å². The number of hydrogen-bond acceptors (Lipinski definition) is 3. The summed E-state index contributed by atoms with van der Waals surface area (Å²) < 4.78 is 0. The number of rotatable bonds is 1. The molecule has 0 saturated heterocycles. The molecule has 0 saturated carbocycles. The van der Waals surface area contributed by atoms with E-state index in [9.17, 15) is 0 Å². The van der Waals surface area contributed by atoms with E-state index >= 15 is 0 Å². The molecular formula is C9H7ClN2S. The predicted octanol–water partition coefficient (Wildman–Crippen LogP) is 3.17. The van der Waals surface area contributed by atoms with Crippen LogP contribution in [0.4, 0.5) is 0 Å². The standard InChI is InChI=1S/C9H7ClN2S/c1-6-7(2-3-13-6)8-4-11-5-12-9(8)10/h2-5H,1H3. The van der Waals surface area contributed by atoms with E-state index in [0.29, 0.717) is 5.15 Å². The first-order valence-corrected chi connectivity index (χ1v) is 5.05. The van der Waals surface area contributed by atoms with E-state index in [0.717, 1.165) is 11.1 Å². The first-order chi connectivity index (χ1) is 6.29. The van der Waals surface area contributed by atoms with E-state index in [1.54, 1.807) is 17.5 Å². The molecule has 0 N–H and O–H groups in total. The lowest BCUT2D eigenvalue weighted by Crippen LogP contribution is -1.84. The van der Waals surface area contributed by atoms with Crippen LogP contribution in [0, 0.1) is 6.92 Å². The topological polar surface area (TPSA) is 25.8 Å². The molecule has 0 aromatic carbocycles. The smallest absolute Gasteiger partial charge is 0.140 e. The van der Waals surface area contributed by atoms with Crippen molar-refractivity contribution in [3.05, 3.63) is 34.0 Å². The average Bonchev–Trinajstić information content (AvgIpc) is 2.52. The van der Waals surface area contributed by atoms with Crippen molar-refractivity contribution in [1.29, 1.82) is 0 Å². The van der Waals surface area contributed by atoms with Crippen molar-refractivity contribution in [3.63, 3.8) is 0 Å². The monoisotopic (exact) mass is 210 g/mol. The van der Waals surface area contributed by atoms with Gasteiger partial charge in [0.2, 0.25) is 0 Å².